The Morgan fingerprint density at radius 3 is 2.83 bits per heavy atom. The average Bonchev–Trinajstić information content (AvgIpc) is 2.90. The number of aliphatic hydroxyl groups excluding tert-OH is 1. The van der Waals surface area contributed by atoms with E-state index in [-0.39, 0.29) is 18.6 Å². The first kappa shape index (κ1) is 14.0. The number of nitrogens with one attached hydrogen (secondary N) is 1. The van der Waals surface area contributed by atoms with Crippen LogP contribution in [0.5, 0.6) is 5.75 Å². The van der Waals surface area contributed by atoms with E-state index in [1.165, 1.54) is 0 Å². The highest BCUT2D eigenvalue weighted by molar-refractivity contribution is 5.99. The first-order valence-corrected chi connectivity index (χ1v) is 7.71. The van der Waals surface area contributed by atoms with Gasteiger partial charge in [0.25, 0.3) is 5.91 Å². The summed E-state index contributed by atoms with van der Waals surface area (Å²) in [5.74, 6) is 0.593. The predicted octanol–water partition coefficient (Wildman–Crippen LogP) is 2.24. The zero-order valence-corrected chi connectivity index (χ0v) is 12.5. The van der Waals surface area contributed by atoms with Crippen LogP contribution in [0, 0.1) is 0 Å². The maximum Gasteiger partial charge on any atom is 0.251 e. The molecule has 0 radical (unpaired) electrons. The Morgan fingerprint density at radius 1 is 1.13 bits per heavy atom. The van der Waals surface area contributed by atoms with E-state index in [9.17, 15) is 9.90 Å². The van der Waals surface area contributed by atoms with E-state index < -0.39 is 6.10 Å². The fourth-order valence-electron chi connectivity index (χ4n) is 3.23. The molecule has 0 bridgehead atoms. The van der Waals surface area contributed by atoms with Crippen molar-refractivity contribution >= 4 is 12.0 Å². The minimum Gasteiger partial charge on any atom is -0.488 e. The molecule has 1 aliphatic carbocycles. The molecular weight excluding hydrogens is 290 g/mol. The molecular formula is C19H17NO3. The summed E-state index contributed by atoms with van der Waals surface area (Å²) in [7, 11) is 0. The normalized spacial score (nSPS) is 21.7. The van der Waals surface area contributed by atoms with E-state index in [0.29, 0.717) is 12.0 Å². The van der Waals surface area contributed by atoms with Gasteiger partial charge in [-0.15, -0.1) is 0 Å². The second-order valence-electron chi connectivity index (χ2n) is 5.92. The zero-order chi connectivity index (χ0) is 15.8. The number of aliphatic hydroxyl groups is 1. The van der Waals surface area contributed by atoms with Crippen LogP contribution in [0.1, 0.15) is 22.7 Å². The second kappa shape index (κ2) is 5.56. The number of carbonyl (C=O) groups excluding carboxylic acids is 1. The van der Waals surface area contributed by atoms with Crippen molar-refractivity contribution in [3.63, 3.8) is 0 Å². The first-order valence-electron chi connectivity index (χ1n) is 7.71. The SMILES string of the molecule is O=C(N[C@@H]1c2ccccc2C[C@@H]1O)C1=Cc2ccccc2OC1. The molecule has 2 N–H and O–H groups in total. The Bertz CT molecular complexity index is 797. The van der Waals surface area contributed by atoms with Gasteiger partial charge in [0.15, 0.2) is 0 Å². The highest BCUT2D eigenvalue weighted by Crippen LogP contribution is 2.32. The van der Waals surface area contributed by atoms with Crippen LogP contribution in [0.2, 0.25) is 0 Å². The summed E-state index contributed by atoms with van der Waals surface area (Å²) in [6.45, 7) is 0.243. The van der Waals surface area contributed by atoms with Gasteiger partial charge in [0.2, 0.25) is 0 Å². The molecule has 2 aromatic carbocycles. The minimum absolute atomic E-state index is 0.194. The molecule has 23 heavy (non-hydrogen) atoms. The number of amides is 1. The van der Waals surface area contributed by atoms with Gasteiger partial charge < -0.3 is 15.2 Å². The number of fused-ring (bicyclic) bond motifs is 2. The fourth-order valence-corrected chi connectivity index (χ4v) is 3.23. The van der Waals surface area contributed by atoms with Crippen LogP contribution < -0.4 is 10.1 Å². The van der Waals surface area contributed by atoms with Gasteiger partial charge in [-0.3, -0.25) is 4.79 Å². The van der Waals surface area contributed by atoms with Crippen LogP contribution in [0.15, 0.2) is 54.1 Å². The smallest absolute Gasteiger partial charge is 0.251 e. The van der Waals surface area contributed by atoms with E-state index in [1.807, 2.05) is 54.6 Å². The summed E-state index contributed by atoms with van der Waals surface area (Å²) in [5.41, 5.74) is 3.55. The maximum absolute atomic E-state index is 12.5. The third-order valence-corrected chi connectivity index (χ3v) is 4.41. The number of hydrogen-bond acceptors (Lipinski definition) is 3. The summed E-state index contributed by atoms with van der Waals surface area (Å²) >= 11 is 0. The van der Waals surface area contributed by atoms with Gasteiger partial charge in [0, 0.05) is 12.0 Å². The van der Waals surface area contributed by atoms with Crippen LogP contribution in [0.25, 0.3) is 6.08 Å². The van der Waals surface area contributed by atoms with Crippen molar-refractivity contribution < 1.29 is 14.6 Å². The number of benzene rings is 2. The lowest BCUT2D eigenvalue weighted by Gasteiger charge is -2.21. The highest BCUT2D eigenvalue weighted by Gasteiger charge is 2.32. The molecule has 0 saturated heterocycles. The van der Waals surface area contributed by atoms with Gasteiger partial charge in [0.1, 0.15) is 12.4 Å². The van der Waals surface area contributed by atoms with E-state index in [1.54, 1.807) is 0 Å². The molecule has 116 valence electrons. The van der Waals surface area contributed by atoms with E-state index >= 15 is 0 Å². The van der Waals surface area contributed by atoms with Gasteiger partial charge in [-0.25, -0.2) is 0 Å². The molecule has 2 atom stereocenters. The minimum atomic E-state index is -0.589. The fraction of sp³-hybridized carbons (Fsp3) is 0.211. The Morgan fingerprint density at radius 2 is 1.91 bits per heavy atom. The summed E-state index contributed by atoms with van der Waals surface area (Å²) in [5, 5.41) is 13.2. The molecule has 0 saturated carbocycles. The third kappa shape index (κ3) is 2.51. The largest absolute Gasteiger partial charge is 0.488 e. The molecule has 1 heterocycles. The van der Waals surface area contributed by atoms with Gasteiger partial charge >= 0.3 is 0 Å². The Kier molecular flexibility index (Phi) is 3.39. The Balaban J connectivity index is 1.56. The zero-order valence-electron chi connectivity index (χ0n) is 12.5. The molecule has 1 aliphatic heterocycles. The molecule has 0 spiro atoms. The maximum atomic E-state index is 12.5. The number of carbonyl (C=O) groups is 1. The molecule has 2 aromatic rings. The summed E-state index contributed by atoms with van der Waals surface area (Å²) in [6, 6.07) is 15.1. The highest BCUT2D eigenvalue weighted by atomic mass is 16.5. The Labute approximate surface area is 134 Å². The molecule has 1 amide bonds. The third-order valence-electron chi connectivity index (χ3n) is 4.41. The molecule has 0 unspecified atom stereocenters. The molecule has 4 rings (SSSR count). The van der Waals surface area contributed by atoms with Crippen molar-refractivity contribution in [2.45, 2.75) is 18.6 Å². The quantitative estimate of drug-likeness (QED) is 0.894. The van der Waals surface area contributed by atoms with E-state index in [0.717, 1.165) is 22.4 Å². The summed E-state index contributed by atoms with van der Waals surface area (Å²) in [4.78, 5) is 12.5. The van der Waals surface area contributed by atoms with Crippen molar-refractivity contribution in [1.82, 2.24) is 5.32 Å². The van der Waals surface area contributed by atoms with Crippen molar-refractivity contribution in [3.8, 4) is 5.75 Å². The van der Waals surface area contributed by atoms with E-state index in [4.69, 9.17) is 4.74 Å². The van der Waals surface area contributed by atoms with Crippen molar-refractivity contribution in [3.05, 3.63) is 70.8 Å². The number of hydrogen-bond donors (Lipinski definition) is 2. The number of para-hydroxylation sites is 1. The predicted molar refractivity (Wildman–Crippen MR) is 87.0 cm³/mol. The van der Waals surface area contributed by atoms with Gasteiger partial charge in [-0.1, -0.05) is 42.5 Å². The lowest BCUT2D eigenvalue weighted by Crippen LogP contribution is -2.36. The van der Waals surface area contributed by atoms with Gasteiger partial charge in [0.05, 0.1) is 17.7 Å². The van der Waals surface area contributed by atoms with Crippen LogP contribution in [0.3, 0.4) is 0 Å². The summed E-state index contributed by atoms with van der Waals surface area (Å²) in [6.07, 6.45) is 1.83. The average molecular weight is 307 g/mol. The van der Waals surface area contributed by atoms with Gasteiger partial charge in [-0.05, 0) is 23.3 Å². The van der Waals surface area contributed by atoms with Crippen LogP contribution in [0.4, 0.5) is 0 Å². The lowest BCUT2D eigenvalue weighted by atomic mass is 10.0. The number of rotatable bonds is 2. The summed E-state index contributed by atoms with van der Waals surface area (Å²) < 4.78 is 5.63. The van der Waals surface area contributed by atoms with Crippen LogP contribution >= 0.6 is 0 Å². The van der Waals surface area contributed by atoms with Crippen molar-refractivity contribution in [1.29, 1.82) is 0 Å². The molecule has 4 nitrogen and oxygen atoms in total. The van der Waals surface area contributed by atoms with Crippen LogP contribution in [-0.2, 0) is 11.2 Å². The molecule has 0 fully saturated rings. The first-order chi connectivity index (χ1) is 11.2. The lowest BCUT2D eigenvalue weighted by molar-refractivity contribution is -0.119. The molecule has 4 heteroatoms. The topological polar surface area (TPSA) is 58.6 Å². The van der Waals surface area contributed by atoms with Crippen molar-refractivity contribution in [2.24, 2.45) is 0 Å². The monoisotopic (exact) mass is 307 g/mol. The molecule has 0 aromatic heterocycles. The Hall–Kier alpha value is -2.59. The van der Waals surface area contributed by atoms with Crippen LogP contribution in [-0.4, -0.2) is 23.7 Å². The molecule has 2 aliphatic rings. The second-order valence-corrected chi connectivity index (χ2v) is 5.92. The number of ether oxygens (including phenoxy) is 1. The van der Waals surface area contributed by atoms with Gasteiger partial charge in [-0.2, -0.15) is 0 Å². The van der Waals surface area contributed by atoms with Crippen molar-refractivity contribution in [2.75, 3.05) is 6.61 Å². The standard InChI is InChI=1S/C19H17NO3/c21-16-10-12-5-1-3-7-15(12)18(16)20-19(22)14-9-13-6-2-4-8-17(13)23-11-14/h1-9,16,18,21H,10-11H2,(H,20,22)/t16-,18+/m0/s1. The van der Waals surface area contributed by atoms with E-state index in [2.05, 4.69) is 5.32 Å².